The highest BCUT2D eigenvalue weighted by atomic mass is 16.5. The van der Waals surface area contributed by atoms with Crippen molar-refractivity contribution in [2.24, 2.45) is 0 Å². The molecular weight excluding hydrogens is 328 g/mol. The molecule has 0 saturated heterocycles. The van der Waals surface area contributed by atoms with Crippen LogP contribution in [0.4, 0.5) is 5.69 Å². The van der Waals surface area contributed by atoms with Gasteiger partial charge in [0.15, 0.2) is 0 Å². The van der Waals surface area contributed by atoms with Crippen molar-refractivity contribution in [2.45, 2.75) is 32.1 Å². The van der Waals surface area contributed by atoms with Gasteiger partial charge >= 0.3 is 5.97 Å². The predicted molar refractivity (Wildman–Crippen MR) is 99.4 cm³/mol. The number of hydrogen-bond donors (Lipinski definition) is 1. The van der Waals surface area contributed by atoms with Crippen molar-refractivity contribution in [2.75, 3.05) is 11.9 Å². The van der Waals surface area contributed by atoms with E-state index >= 15 is 0 Å². The van der Waals surface area contributed by atoms with Crippen LogP contribution in [0, 0.1) is 11.3 Å². The maximum absolute atomic E-state index is 11.8. The Morgan fingerprint density at radius 1 is 0.962 bits per heavy atom. The molecule has 0 heterocycles. The van der Waals surface area contributed by atoms with Gasteiger partial charge in [0, 0.05) is 18.5 Å². The number of aryl methyl sites for hydroxylation is 1. The Bertz CT molecular complexity index is 749. The fourth-order valence-corrected chi connectivity index (χ4v) is 2.42. The number of esters is 1. The molecule has 2 aromatic carbocycles. The molecule has 0 radical (unpaired) electrons. The number of carbonyl (C=O) groups excluding carboxylic acids is 2. The van der Waals surface area contributed by atoms with Crippen LogP contribution in [0.2, 0.25) is 0 Å². The molecule has 0 bridgehead atoms. The highest BCUT2D eigenvalue weighted by molar-refractivity contribution is 5.90. The first-order valence-electron chi connectivity index (χ1n) is 8.67. The minimum Gasteiger partial charge on any atom is -0.466 e. The van der Waals surface area contributed by atoms with Crippen LogP contribution in [-0.4, -0.2) is 18.5 Å². The van der Waals surface area contributed by atoms with Crippen molar-refractivity contribution in [1.29, 1.82) is 5.26 Å². The SMILES string of the molecule is N#Cc1ccc(NC(=O)CCCC(=O)OCCCc2ccccc2)cc1. The zero-order valence-corrected chi connectivity index (χ0v) is 14.6. The van der Waals surface area contributed by atoms with E-state index in [1.54, 1.807) is 24.3 Å². The number of rotatable bonds is 9. The second-order valence-corrected chi connectivity index (χ2v) is 5.90. The molecule has 26 heavy (non-hydrogen) atoms. The third-order valence-electron chi connectivity index (χ3n) is 3.80. The fraction of sp³-hybridized carbons (Fsp3) is 0.286. The maximum atomic E-state index is 11.8. The molecule has 0 aliphatic rings. The van der Waals surface area contributed by atoms with E-state index in [0.29, 0.717) is 24.3 Å². The van der Waals surface area contributed by atoms with E-state index < -0.39 is 0 Å². The van der Waals surface area contributed by atoms with E-state index in [4.69, 9.17) is 10.00 Å². The van der Waals surface area contributed by atoms with E-state index in [9.17, 15) is 9.59 Å². The van der Waals surface area contributed by atoms with Gasteiger partial charge in [-0.1, -0.05) is 30.3 Å². The standard InChI is InChI=1S/C21H22N2O3/c22-16-18-11-13-19(14-12-18)23-20(24)9-4-10-21(25)26-15-5-8-17-6-2-1-3-7-17/h1-3,6-7,11-14H,4-5,8-10,15H2,(H,23,24). The third-order valence-corrected chi connectivity index (χ3v) is 3.80. The van der Waals surface area contributed by atoms with E-state index in [-0.39, 0.29) is 24.7 Å². The number of amides is 1. The van der Waals surface area contributed by atoms with Gasteiger partial charge in [0.2, 0.25) is 5.91 Å². The Morgan fingerprint density at radius 2 is 1.69 bits per heavy atom. The van der Waals surface area contributed by atoms with Crippen molar-refractivity contribution in [3.63, 3.8) is 0 Å². The number of nitrogens with one attached hydrogen (secondary N) is 1. The van der Waals surface area contributed by atoms with Crippen LogP contribution in [0.15, 0.2) is 54.6 Å². The molecule has 5 heteroatoms. The molecule has 0 saturated carbocycles. The smallest absolute Gasteiger partial charge is 0.305 e. The van der Waals surface area contributed by atoms with Gasteiger partial charge in [0.1, 0.15) is 0 Å². The van der Waals surface area contributed by atoms with Gasteiger partial charge in [-0.15, -0.1) is 0 Å². The number of nitriles is 1. The first kappa shape index (κ1) is 19.2. The summed E-state index contributed by atoms with van der Waals surface area (Å²) in [5, 5.41) is 11.5. The Hall–Kier alpha value is -3.13. The fourth-order valence-electron chi connectivity index (χ4n) is 2.42. The summed E-state index contributed by atoms with van der Waals surface area (Å²) in [6.45, 7) is 0.394. The van der Waals surface area contributed by atoms with Gasteiger partial charge in [-0.05, 0) is 49.1 Å². The van der Waals surface area contributed by atoms with Crippen molar-refractivity contribution in [3.05, 3.63) is 65.7 Å². The summed E-state index contributed by atoms with van der Waals surface area (Å²) in [5.41, 5.74) is 2.40. The van der Waals surface area contributed by atoms with Crippen molar-refractivity contribution in [1.82, 2.24) is 0 Å². The zero-order chi connectivity index (χ0) is 18.6. The first-order chi connectivity index (χ1) is 12.7. The number of hydrogen-bond acceptors (Lipinski definition) is 4. The summed E-state index contributed by atoms with van der Waals surface area (Å²) in [4.78, 5) is 23.5. The van der Waals surface area contributed by atoms with Crippen molar-refractivity contribution >= 4 is 17.6 Å². The highest BCUT2D eigenvalue weighted by Gasteiger charge is 2.07. The topological polar surface area (TPSA) is 79.2 Å². The second kappa shape index (κ2) is 10.7. The summed E-state index contributed by atoms with van der Waals surface area (Å²) in [7, 11) is 0. The van der Waals surface area contributed by atoms with Crippen LogP contribution in [0.25, 0.3) is 0 Å². The van der Waals surface area contributed by atoms with Gasteiger partial charge in [-0.2, -0.15) is 5.26 Å². The number of anilines is 1. The third kappa shape index (κ3) is 7.18. The number of ether oxygens (including phenoxy) is 1. The van der Waals surface area contributed by atoms with Gasteiger partial charge < -0.3 is 10.1 Å². The molecule has 0 aliphatic heterocycles. The quantitative estimate of drug-likeness (QED) is 0.550. The Labute approximate surface area is 153 Å². The van der Waals surface area contributed by atoms with E-state index in [1.165, 1.54) is 5.56 Å². The molecule has 1 N–H and O–H groups in total. The van der Waals surface area contributed by atoms with Crippen LogP contribution >= 0.6 is 0 Å². The second-order valence-electron chi connectivity index (χ2n) is 5.90. The lowest BCUT2D eigenvalue weighted by Gasteiger charge is -2.06. The summed E-state index contributed by atoms with van der Waals surface area (Å²) >= 11 is 0. The van der Waals surface area contributed by atoms with Crippen LogP contribution in [-0.2, 0) is 20.7 Å². The van der Waals surface area contributed by atoms with Gasteiger partial charge in [0.05, 0.1) is 18.2 Å². The summed E-state index contributed by atoms with van der Waals surface area (Å²) in [6, 6.07) is 18.7. The van der Waals surface area contributed by atoms with E-state index in [1.807, 2.05) is 36.4 Å². The van der Waals surface area contributed by atoms with Gasteiger partial charge in [0.25, 0.3) is 0 Å². The minimum absolute atomic E-state index is 0.161. The molecule has 134 valence electrons. The molecular formula is C21H22N2O3. The molecule has 2 rings (SSSR count). The largest absolute Gasteiger partial charge is 0.466 e. The highest BCUT2D eigenvalue weighted by Crippen LogP contribution is 2.10. The van der Waals surface area contributed by atoms with Crippen molar-refractivity contribution < 1.29 is 14.3 Å². The Kier molecular flexibility index (Phi) is 7.88. The average molecular weight is 350 g/mol. The summed E-state index contributed by atoms with van der Waals surface area (Å²) in [6.07, 6.45) is 2.58. The van der Waals surface area contributed by atoms with Crippen LogP contribution < -0.4 is 5.32 Å². The predicted octanol–water partition coefficient (Wildman–Crippen LogP) is 3.84. The molecule has 5 nitrogen and oxygen atoms in total. The molecule has 2 aromatic rings. The molecule has 0 atom stereocenters. The zero-order valence-electron chi connectivity index (χ0n) is 14.6. The van der Waals surface area contributed by atoms with Crippen LogP contribution in [0.3, 0.4) is 0 Å². The van der Waals surface area contributed by atoms with Crippen LogP contribution in [0.1, 0.15) is 36.8 Å². The summed E-state index contributed by atoms with van der Waals surface area (Å²) < 4.78 is 5.19. The molecule has 1 amide bonds. The van der Waals surface area contributed by atoms with Crippen LogP contribution in [0.5, 0.6) is 0 Å². The average Bonchev–Trinajstić information content (AvgIpc) is 2.67. The minimum atomic E-state index is -0.274. The lowest BCUT2D eigenvalue weighted by molar-refractivity contribution is -0.143. The molecule has 0 aliphatic carbocycles. The summed E-state index contributed by atoms with van der Waals surface area (Å²) in [5.74, 6) is -0.434. The molecule has 0 fully saturated rings. The first-order valence-corrected chi connectivity index (χ1v) is 8.67. The number of benzene rings is 2. The molecule has 0 unspecified atom stereocenters. The lowest BCUT2D eigenvalue weighted by Crippen LogP contribution is -2.13. The number of carbonyl (C=O) groups is 2. The van der Waals surface area contributed by atoms with E-state index in [0.717, 1.165) is 12.8 Å². The lowest BCUT2D eigenvalue weighted by atomic mass is 10.1. The molecule has 0 aromatic heterocycles. The van der Waals surface area contributed by atoms with Crippen molar-refractivity contribution in [3.8, 4) is 6.07 Å². The van der Waals surface area contributed by atoms with E-state index in [2.05, 4.69) is 5.32 Å². The van der Waals surface area contributed by atoms with Gasteiger partial charge in [-0.25, -0.2) is 0 Å². The Morgan fingerprint density at radius 3 is 2.38 bits per heavy atom. The Balaban J connectivity index is 1.56. The van der Waals surface area contributed by atoms with Gasteiger partial charge in [-0.3, -0.25) is 9.59 Å². The monoisotopic (exact) mass is 350 g/mol. The molecule has 0 spiro atoms. The number of nitrogens with zero attached hydrogens (tertiary/aromatic N) is 1. The maximum Gasteiger partial charge on any atom is 0.305 e. The normalized spacial score (nSPS) is 9.96.